The van der Waals surface area contributed by atoms with Gasteiger partial charge in [-0.2, -0.15) is 0 Å². The summed E-state index contributed by atoms with van der Waals surface area (Å²) in [5.74, 6) is 1.10. The van der Waals surface area contributed by atoms with E-state index in [1.807, 2.05) is 23.6 Å². The molecule has 0 unspecified atom stereocenters. The highest BCUT2D eigenvalue weighted by atomic mass is 32.2. The average molecular weight is 372 g/mol. The van der Waals surface area contributed by atoms with E-state index < -0.39 is 0 Å². The van der Waals surface area contributed by atoms with Gasteiger partial charge in [0.2, 0.25) is 0 Å². The van der Waals surface area contributed by atoms with E-state index in [0.29, 0.717) is 29.7 Å². The molecule has 3 aromatic rings. The van der Waals surface area contributed by atoms with E-state index in [9.17, 15) is 4.79 Å². The van der Waals surface area contributed by atoms with E-state index in [1.165, 1.54) is 23.1 Å². The summed E-state index contributed by atoms with van der Waals surface area (Å²) in [6, 6.07) is 3.77. The molecule has 3 heterocycles. The molecular formula is C16H16N6OS2. The molecule has 0 saturated carbocycles. The number of allylic oxidation sites excluding steroid dienone is 1. The number of hydrogen-bond acceptors (Lipinski definition) is 8. The van der Waals surface area contributed by atoms with Gasteiger partial charge in [-0.1, -0.05) is 17.8 Å². The molecule has 3 rings (SSSR count). The zero-order valence-corrected chi connectivity index (χ0v) is 15.3. The van der Waals surface area contributed by atoms with Crippen molar-refractivity contribution < 1.29 is 4.79 Å². The van der Waals surface area contributed by atoms with Crippen LogP contribution in [0.15, 0.2) is 42.3 Å². The van der Waals surface area contributed by atoms with Crippen molar-refractivity contribution in [1.82, 2.24) is 29.9 Å². The monoisotopic (exact) mass is 372 g/mol. The number of carbonyl (C=O) groups is 1. The van der Waals surface area contributed by atoms with Crippen molar-refractivity contribution in [3.8, 4) is 11.4 Å². The quantitative estimate of drug-likeness (QED) is 0.444. The van der Waals surface area contributed by atoms with Gasteiger partial charge in [0.05, 0.1) is 12.2 Å². The molecule has 128 valence electrons. The summed E-state index contributed by atoms with van der Waals surface area (Å²) in [4.78, 5) is 16.3. The summed E-state index contributed by atoms with van der Waals surface area (Å²) in [6.07, 6.45) is 5.52. The first kappa shape index (κ1) is 17.4. The largest absolute Gasteiger partial charge is 0.298 e. The lowest BCUT2D eigenvalue weighted by molar-refractivity contribution is -0.116. The first-order valence-corrected chi connectivity index (χ1v) is 9.35. The molecule has 0 amide bonds. The molecule has 0 aliphatic carbocycles. The van der Waals surface area contributed by atoms with Crippen molar-refractivity contribution in [2.45, 2.75) is 25.0 Å². The Morgan fingerprint density at radius 2 is 2.24 bits per heavy atom. The Labute approximate surface area is 153 Å². The fourth-order valence-electron chi connectivity index (χ4n) is 2.17. The predicted molar refractivity (Wildman–Crippen MR) is 97.5 cm³/mol. The van der Waals surface area contributed by atoms with Gasteiger partial charge in [0.1, 0.15) is 15.8 Å². The van der Waals surface area contributed by atoms with Gasteiger partial charge >= 0.3 is 0 Å². The molecule has 0 fully saturated rings. The van der Waals surface area contributed by atoms with Gasteiger partial charge in [-0.15, -0.1) is 38.3 Å². The molecule has 7 nitrogen and oxygen atoms in total. The van der Waals surface area contributed by atoms with Gasteiger partial charge in [-0.25, -0.2) is 0 Å². The van der Waals surface area contributed by atoms with Gasteiger partial charge in [-0.05, 0) is 19.1 Å². The van der Waals surface area contributed by atoms with Crippen LogP contribution in [0, 0.1) is 6.92 Å². The highest BCUT2D eigenvalue weighted by Crippen LogP contribution is 2.24. The van der Waals surface area contributed by atoms with E-state index >= 15 is 0 Å². The number of hydrogen-bond donors (Lipinski definition) is 0. The van der Waals surface area contributed by atoms with Crippen molar-refractivity contribution in [1.29, 1.82) is 0 Å². The maximum atomic E-state index is 12.2. The third-order valence-corrected chi connectivity index (χ3v) is 5.09. The molecule has 0 aliphatic heterocycles. The lowest BCUT2D eigenvalue weighted by Gasteiger charge is -2.07. The van der Waals surface area contributed by atoms with Gasteiger partial charge in [0.25, 0.3) is 0 Å². The average Bonchev–Trinajstić information content (AvgIpc) is 3.20. The summed E-state index contributed by atoms with van der Waals surface area (Å²) in [5, 5.41) is 18.7. The molecule has 9 heteroatoms. The third-order valence-electron chi connectivity index (χ3n) is 3.23. The minimum absolute atomic E-state index is 0.0808. The fraction of sp³-hybridized carbons (Fsp3) is 0.250. The normalized spacial score (nSPS) is 10.8. The van der Waals surface area contributed by atoms with Crippen molar-refractivity contribution in [2.75, 3.05) is 5.75 Å². The summed E-state index contributed by atoms with van der Waals surface area (Å²) < 4.78 is 1.93. The minimum Gasteiger partial charge on any atom is -0.298 e. The predicted octanol–water partition coefficient (Wildman–Crippen LogP) is 2.59. The highest BCUT2D eigenvalue weighted by molar-refractivity contribution is 7.99. The van der Waals surface area contributed by atoms with E-state index in [2.05, 4.69) is 32.0 Å². The Kier molecular flexibility index (Phi) is 5.67. The molecule has 0 radical (unpaired) electrons. The third kappa shape index (κ3) is 4.37. The molecule has 0 aliphatic rings. The maximum absolute atomic E-state index is 12.2. The number of pyridine rings is 1. The smallest absolute Gasteiger partial charge is 0.192 e. The van der Waals surface area contributed by atoms with Crippen LogP contribution in [0.1, 0.15) is 10.0 Å². The lowest BCUT2D eigenvalue weighted by atomic mass is 10.3. The molecule has 3 aromatic heterocycles. The fourth-order valence-corrected chi connectivity index (χ4v) is 3.72. The molecular weight excluding hydrogens is 356 g/mol. The second-order valence-corrected chi connectivity index (χ2v) is 7.37. The highest BCUT2D eigenvalue weighted by Gasteiger charge is 2.16. The molecule has 0 N–H and O–H groups in total. The van der Waals surface area contributed by atoms with Crippen molar-refractivity contribution in [3.63, 3.8) is 0 Å². The Morgan fingerprint density at radius 1 is 1.36 bits per heavy atom. The van der Waals surface area contributed by atoms with Gasteiger partial charge < -0.3 is 0 Å². The summed E-state index contributed by atoms with van der Waals surface area (Å²) >= 11 is 2.81. The standard InChI is InChI=1S/C16H16N6OS2/c1-3-7-22-15(12-5-4-6-17-9-12)20-21-16(22)24-10-13(23)8-14-19-18-11(2)25-14/h3-6,9H,1,7-8,10H2,2H3. The van der Waals surface area contributed by atoms with E-state index in [1.54, 1.807) is 18.5 Å². The number of aryl methyl sites for hydroxylation is 1. The molecule has 0 saturated heterocycles. The van der Waals surface area contributed by atoms with Crippen LogP contribution in [0.2, 0.25) is 0 Å². The second kappa shape index (κ2) is 8.13. The van der Waals surface area contributed by atoms with Crippen LogP contribution in [0.4, 0.5) is 0 Å². The molecule has 0 aromatic carbocycles. The first-order valence-electron chi connectivity index (χ1n) is 7.55. The number of carbonyl (C=O) groups excluding carboxylic acids is 1. The maximum Gasteiger partial charge on any atom is 0.192 e. The van der Waals surface area contributed by atoms with Crippen molar-refractivity contribution >= 4 is 28.9 Å². The number of aromatic nitrogens is 6. The summed E-state index contributed by atoms with van der Waals surface area (Å²) in [7, 11) is 0. The van der Waals surface area contributed by atoms with Crippen LogP contribution in [-0.2, 0) is 17.8 Å². The SMILES string of the molecule is C=CCn1c(SCC(=O)Cc2nnc(C)s2)nnc1-c1cccnc1. The Bertz CT molecular complexity index is 874. The van der Waals surface area contributed by atoms with E-state index in [-0.39, 0.29) is 5.78 Å². The summed E-state index contributed by atoms with van der Waals surface area (Å²) in [5.41, 5.74) is 0.874. The van der Waals surface area contributed by atoms with Crippen LogP contribution < -0.4 is 0 Å². The van der Waals surface area contributed by atoms with Crippen LogP contribution in [-0.4, -0.2) is 41.5 Å². The van der Waals surface area contributed by atoms with Gasteiger partial charge in [-0.3, -0.25) is 14.3 Å². The Hall–Kier alpha value is -2.39. The number of Topliss-reactive ketones (excluding diaryl/α,β-unsaturated/α-hetero) is 1. The van der Waals surface area contributed by atoms with Gasteiger partial charge in [0.15, 0.2) is 11.0 Å². The van der Waals surface area contributed by atoms with Crippen molar-refractivity contribution in [2.24, 2.45) is 0 Å². The van der Waals surface area contributed by atoms with Crippen LogP contribution >= 0.6 is 23.1 Å². The molecule has 0 spiro atoms. The first-order chi connectivity index (χ1) is 12.2. The van der Waals surface area contributed by atoms with Crippen LogP contribution in [0.25, 0.3) is 11.4 Å². The van der Waals surface area contributed by atoms with Crippen molar-refractivity contribution in [3.05, 3.63) is 47.2 Å². The summed E-state index contributed by atoms with van der Waals surface area (Å²) in [6.45, 7) is 6.21. The number of nitrogens with zero attached hydrogens (tertiary/aromatic N) is 6. The zero-order valence-electron chi connectivity index (χ0n) is 13.6. The lowest BCUT2D eigenvalue weighted by Crippen LogP contribution is -2.07. The second-order valence-electron chi connectivity index (χ2n) is 5.17. The van der Waals surface area contributed by atoms with Crippen LogP contribution in [0.3, 0.4) is 0 Å². The van der Waals surface area contributed by atoms with Gasteiger partial charge in [0, 0.05) is 24.5 Å². The Balaban J connectivity index is 1.70. The topological polar surface area (TPSA) is 86.5 Å². The number of thioether (sulfide) groups is 1. The molecule has 0 atom stereocenters. The van der Waals surface area contributed by atoms with E-state index in [0.717, 1.165) is 15.6 Å². The zero-order chi connectivity index (χ0) is 17.6. The van der Waals surface area contributed by atoms with E-state index in [4.69, 9.17) is 0 Å². The minimum atomic E-state index is 0.0808. The number of ketones is 1. The molecule has 25 heavy (non-hydrogen) atoms. The number of rotatable bonds is 8. The van der Waals surface area contributed by atoms with Crippen LogP contribution in [0.5, 0.6) is 0 Å². The Morgan fingerprint density at radius 3 is 2.92 bits per heavy atom. The molecule has 0 bridgehead atoms.